The van der Waals surface area contributed by atoms with Crippen molar-refractivity contribution in [3.8, 4) is 0 Å². The summed E-state index contributed by atoms with van der Waals surface area (Å²) in [4.78, 5) is 5.76. The van der Waals surface area contributed by atoms with E-state index in [1.54, 1.807) is 18.7 Å². The van der Waals surface area contributed by atoms with E-state index in [0.717, 1.165) is 6.07 Å². The number of hydrogen-bond donors (Lipinski definition) is 3. The van der Waals surface area contributed by atoms with Crippen LogP contribution in [0.2, 0.25) is 0 Å². The highest BCUT2D eigenvalue weighted by atomic mass is 19.3. The minimum atomic E-state index is -2.74. The van der Waals surface area contributed by atoms with Gasteiger partial charge < -0.3 is 20.1 Å². The van der Waals surface area contributed by atoms with Gasteiger partial charge in [-0.15, -0.1) is 0 Å². The molecule has 0 unspecified atom stereocenters. The third-order valence-electron chi connectivity index (χ3n) is 4.24. The number of anilines is 1. The molecule has 1 saturated heterocycles. The lowest BCUT2D eigenvalue weighted by atomic mass is 9.80. The molecule has 1 aromatic heterocycles. The molecule has 122 valence electrons. The molecule has 0 bridgehead atoms. The van der Waals surface area contributed by atoms with Crippen molar-refractivity contribution in [2.24, 2.45) is 5.92 Å². The lowest BCUT2D eigenvalue weighted by Crippen LogP contribution is -2.43. The van der Waals surface area contributed by atoms with Crippen LogP contribution in [-0.4, -0.2) is 45.9 Å². The van der Waals surface area contributed by atoms with E-state index < -0.39 is 19.1 Å². The second-order valence-corrected chi connectivity index (χ2v) is 6.27. The largest absolute Gasteiger partial charge is 0.490 e. The van der Waals surface area contributed by atoms with Gasteiger partial charge in [-0.05, 0) is 38.7 Å². The molecule has 0 aromatic carbocycles. The SMILES string of the molecule is CC(C)(O)C1CCN(c2ncc(B(O)O)cc2C(F)F)CC1. The number of hydrogen-bond acceptors (Lipinski definition) is 5. The number of piperidine rings is 1. The molecule has 1 aromatic rings. The normalized spacial score (nSPS) is 17.2. The van der Waals surface area contributed by atoms with E-state index in [2.05, 4.69) is 4.98 Å². The van der Waals surface area contributed by atoms with Gasteiger partial charge in [-0.25, -0.2) is 13.8 Å². The Kier molecular flexibility index (Phi) is 5.04. The summed E-state index contributed by atoms with van der Waals surface area (Å²) in [6, 6.07) is 1.08. The molecule has 22 heavy (non-hydrogen) atoms. The Hall–Kier alpha value is -1.25. The second-order valence-electron chi connectivity index (χ2n) is 6.27. The smallest absolute Gasteiger partial charge is 0.423 e. The molecular weight excluding hydrogens is 293 g/mol. The number of rotatable bonds is 4. The van der Waals surface area contributed by atoms with Crippen LogP contribution >= 0.6 is 0 Å². The van der Waals surface area contributed by atoms with Crippen LogP contribution in [0.15, 0.2) is 12.3 Å². The van der Waals surface area contributed by atoms with Gasteiger partial charge in [0.2, 0.25) is 0 Å². The van der Waals surface area contributed by atoms with Crippen molar-refractivity contribution in [1.29, 1.82) is 0 Å². The highest BCUT2D eigenvalue weighted by Gasteiger charge is 2.32. The van der Waals surface area contributed by atoms with E-state index in [4.69, 9.17) is 10.0 Å². The molecule has 0 spiro atoms. The number of aliphatic hydroxyl groups is 1. The van der Waals surface area contributed by atoms with Crippen LogP contribution in [0.25, 0.3) is 0 Å². The third kappa shape index (κ3) is 3.74. The molecule has 3 N–H and O–H groups in total. The average molecular weight is 314 g/mol. The van der Waals surface area contributed by atoms with Crippen LogP contribution in [-0.2, 0) is 0 Å². The summed E-state index contributed by atoms with van der Waals surface area (Å²) in [5, 5.41) is 28.2. The van der Waals surface area contributed by atoms with Gasteiger partial charge in [-0.2, -0.15) is 0 Å². The maximum atomic E-state index is 13.2. The summed E-state index contributed by atoms with van der Waals surface area (Å²) in [7, 11) is -1.82. The lowest BCUT2D eigenvalue weighted by molar-refractivity contribution is 0.00638. The Morgan fingerprint density at radius 1 is 1.32 bits per heavy atom. The van der Waals surface area contributed by atoms with E-state index in [1.165, 1.54) is 6.20 Å². The molecule has 8 heteroatoms. The zero-order valence-electron chi connectivity index (χ0n) is 12.7. The molecule has 5 nitrogen and oxygen atoms in total. The van der Waals surface area contributed by atoms with Crippen LogP contribution < -0.4 is 10.4 Å². The topological polar surface area (TPSA) is 76.8 Å². The van der Waals surface area contributed by atoms with E-state index in [9.17, 15) is 13.9 Å². The number of halogens is 2. The standard InChI is InChI=1S/C14H21BF2N2O3/c1-14(2,20)9-3-5-19(6-4-9)13-11(12(16)17)7-10(8-18-13)15(21)22/h7-9,12,20-22H,3-6H2,1-2H3. The van der Waals surface area contributed by atoms with Gasteiger partial charge in [0.25, 0.3) is 6.43 Å². The van der Waals surface area contributed by atoms with Crippen molar-refractivity contribution in [3.63, 3.8) is 0 Å². The van der Waals surface area contributed by atoms with Crippen LogP contribution in [0.5, 0.6) is 0 Å². The molecule has 1 fully saturated rings. The maximum Gasteiger partial charge on any atom is 0.490 e. The van der Waals surface area contributed by atoms with Gasteiger partial charge in [-0.3, -0.25) is 0 Å². The minimum Gasteiger partial charge on any atom is -0.423 e. The van der Waals surface area contributed by atoms with E-state index in [-0.39, 0.29) is 22.8 Å². The molecule has 2 heterocycles. The Bertz CT molecular complexity index is 515. The van der Waals surface area contributed by atoms with Crippen molar-refractivity contribution in [1.82, 2.24) is 4.98 Å². The van der Waals surface area contributed by atoms with Gasteiger partial charge in [0.05, 0.1) is 11.2 Å². The van der Waals surface area contributed by atoms with Crippen molar-refractivity contribution < 1.29 is 23.9 Å². The fraction of sp³-hybridized carbons (Fsp3) is 0.643. The molecule has 1 aliphatic rings. The van der Waals surface area contributed by atoms with Crippen LogP contribution in [0.1, 0.15) is 38.7 Å². The summed E-state index contributed by atoms with van der Waals surface area (Å²) in [6.07, 6.45) is -0.155. The van der Waals surface area contributed by atoms with Crippen molar-refractivity contribution in [2.45, 2.75) is 38.7 Å². The maximum absolute atomic E-state index is 13.2. The summed E-state index contributed by atoms with van der Waals surface area (Å²) < 4.78 is 26.4. The molecule has 0 aliphatic carbocycles. The molecule has 0 saturated carbocycles. The number of aromatic nitrogens is 1. The van der Waals surface area contributed by atoms with Gasteiger partial charge in [0.15, 0.2) is 0 Å². The predicted molar refractivity (Wildman–Crippen MR) is 80.3 cm³/mol. The minimum absolute atomic E-state index is 0.0505. The summed E-state index contributed by atoms with van der Waals surface area (Å²) in [5.74, 6) is 0.297. The zero-order valence-corrected chi connectivity index (χ0v) is 12.7. The molecule has 0 amide bonds. The Morgan fingerprint density at radius 3 is 2.36 bits per heavy atom. The van der Waals surface area contributed by atoms with Crippen molar-refractivity contribution in [3.05, 3.63) is 17.8 Å². The molecule has 2 rings (SSSR count). The van der Waals surface area contributed by atoms with Crippen LogP contribution in [0, 0.1) is 5.92 Å². The number of alkyl halides is 2. The quantitative estimate of drug-likeness (QED) is 0.713. The molecule has 1 aliphatic heterocycles. The summed E-state index contributed by atoms with van der Waals surface area (Å²) in [5.41, 5.74) is -1.13. The predicted octanol–water partition coefficient (Wildman–Crippen LogP) is 0.686. The highest BCUT2D eigenvalue weighted by Crippen LogP contribution is 2.33. The van der Waals surface area contributed by atoms with Gasteiger partial charge in [0, 0.05) is 24.7 Å². The first-order valence-corrected chi connectivity index (χ1v) is 7.31. The first-order valence-electron chi connectivity index (χ1n) is 7.31. The average Bonchev–Trinajstić information content (AvgIpc) is 2.45. The van der Waals surface area contributed by atoms with Crippen molar-refractivity contribution >= 4 is 18.4 Å². The van der Waals surface area contributed by atoms with Crippen LogP contribution in [0.3, 0.4) is 0 Å². The van der Waals surface area contributed by atoms with Gasteiger partial charge in [-0.1, -0.05) is 0 Å². The number of pyridine rings is 1. The zero-order chi connectivity index (χ0) is 16.5. The van der Waals surface area contributed by atoms with Crippen LogP contribution in [0.4, 0.5) is 14.6 Å². The summed E-state index contributed by atoms with van der Waals surface area (Å²) in [6.45, 7) is 4.58. The second kappa shape index (κ2) is 6.48. The third-order valence-corrected chi connectivity index (χ3v) is 4.24. The lowest BCUT2D eigenvalue weighted by Gasteiger charge is -2.38. The highest BCUT2D eigenvalue weighted by molar-refractivity contribution is 6.58. The van der Waals surface area contributed by atoms with E-state index >= 15 is 0 Å². The van der Waals surface area contributed by atoms with E-state index in [1.807, 2.05) is 0 Å². The summed E-state index contributed by atoms with van der Waals surface area (Å²) >= 11 is 0. The van der Waals surface area contributed by atoms with Gasteiger partial charge in [0.1, 0.15) is 5.82 Å². The van der Waals surface area contributed by atoms with Gasteiger partial charge >= 0.3 is 7.12 Å². The number of nitrogens with zero attached hydrogens (tertiary/aromatic N) is 2. The first kappa shape index (κ1) is 17.1. The fourth-order valence-corrected chi connectivity index (χ4v) is 2.86. The van der Waals surface area contributed by atoms with Crippen molar-refractivity contribution in [2.75, 3.05) is 18.0 Å². The molecule has 0 atom stereocenters. The monoisotopic (exact) mass is 314 g/mol. The first-order chi connectivity index (χ1) is 10.2. The Labute approximate surface area is 128 Å². The Balaban J connectivity index is 2.19. The molecular formula is C14H21BF2N2O3. The van der Waals surface area contributed by atoms with E-state index in [0.29, 0.717) is 25.9 Å². The fourth-order valence-electron chi connectivity index (χ4n) is 2.86. The molecule has 0 radical (unpaired) electrons. The Morgan fingerprint density at radius 2 is 1.91 bits per heavy atom.